The lowest BCUT2D eigenvalue weighted by atomic mass is 10.3. The Morgan fingerprint density at radius 2 is 2.29 bits per heavy atom. The van der Waals surface area contributed by atoms with Gasteiger partial charge in [0.05, 0.1) is 18.4 Å². The van der Waals surface area contributed by atoms with E-state index in [0.717, 1.165) is 31.0 Å². The molecule has 0 unspecified atom stereocenters. The maximum Gasteiger partial charge on any atom is 0.129 e. The maximum absolute atomic E-state index is 5.57. The van der Waals surface area contributed by atoms with Gasteiger partial charge in [0.1, 0.15) is 12.1 Å². The molecule has 0 spiro atoms. The highest BCUT2D eigenvalue weighted by Gasteiger charge is 1.97. The van der Waals surface area contributed by atoms with Gasteiger partial charge in [-0.2, -0.15) is 5.10 Å². The van der Waals surface area contributed by atoms with Crippen LogP contribution in [-0.2, 0) is 13.0 Å². The second-order valence-corrected chi connectivity index (χ2v) is 3.71. The SMILES string of the molecule is CCc1cc(NCCn2cc(N)cn2)ncn1. The molecule has 0 aliphatic carbocycles. The van der Waals surface area contributed by atoms with Gasteiger partial charge < -0.3 is 11.1 Å². The minimum Gasteiger partial charge on any atom is -0.396 e. The van der Waals surface area contributed by atoms with Crippen molar-refractivity contribution in [2.24, 2.45) is 0 Å². The van der Waals surface area contributed by atoms with Crippen molar-refractivity contribution in [1.29, 1.82) is 0 Å². The van der Waals surface area contributed by atoms with Crippen LogP contribution in [0.2, 0.25) is 0 Å². The number of anilines is 2. The van der Waals surface area contributed by atoms with Crippen LogP contribution in [0.15, 0.2) is 24.8 Å². The highest BCUT2D eigenvalue weighted by molar-refractivity contribution is 5.34. The Balaban J connectivity index is 1.85. The first kappa shape index (κ1) is 11.4. The van der Waals surface area contributed by atoms with Gasteiger partial charge >= 0.3 is 0 Å². The number of aryl methyl sites for hydroxylation is 1. The molecule has 2 rings (SSSR count). The van der Waals surface area contributed by atoms with Crippen molar-refractivity contribution < 1.29 is 0 Å². The van der Waals surface area contributed by atoms with E-state index >= 15 is 0 Å². The molecule has 90 valence electrons. The number of hydrogen-bond acceptors (Lipinski definition) is 5. The van der Waals surface area contributed by atoms with Crippen LogP contribution in [0.5, 0.6) is 0 Å². The molecule has 17 heavy (non-hydrogen) atoms. The number of nitrogens with two attached hydrogens (primary N) is 1. The molecule has 2 aromatic rings. The third kappa shape index (κ3) is 3.17. The summed E-state index contributed by atoms with van der Waals surface area (Å²) in [6, 6.07) is 1.96. The molecule has 0 amide bonds. The summed E-state index contributed by atoms with van der Waals surface area (Å²) < 4.78 is 1.80. The number of nitrogens with one attached hydrogen (secondary N) is 1. The molecule has 0 radical (unpaired) electrons. The van der Waals surface area contributed by atoms with Gasteiger partial charge in [-0.15, -0.1) is 0 Å². The van der Waals surface area contributed by atoms with Crippen LogP contribution >= 0.6 is 0 Å². The fraction of sp³-hybridized carbons (Fsp3) is 0.364. The third-order valence-electron chi connectivity index (χ3n) is 2.39. The zero-order valence-corrected chi connectivity index (χ0v) is 9.80. The van der Waals surface area contributed by atoms with Gasteiger partial charge in [0, 0.05) is 24.5 Å². The van der Waals surface area contributed by atoms with Gasteiger partial charge in [-0.1, -0.05) is 6.92 Å². The molecule has 0 saturated heterocycles. The van der Waals surface area contributed by atoms with Crippen molar-refractivity contribution in [3.05, 3.63) is 30.5 Å². The number of rotatable bonds is 5. The van der Waals surface area contributed by atoms with Gasteiger partial charge in [0.15, 0.2) is 0 Å². The number of hydrogen-bond donors (Lipinski definition) is 2. The molecule has 3 N–H and O–H groups in total. The van der Waals surface area contributed by atoms with Gasteiger partial charge in [0.25, 0.3) is 0 Å². The Hall–Kier alpha value is -2.11. The summed E-state index contributed by atoms with van der Waals surface area (Å²) in [6.45, 7) is 3.57. The molecule has 0 saturated carbocycles. The predicted molar refractivity (Wildman–Crippen MR) is 66.5 cm³/mol. The van der Waals surface area contributed by atoms with E-state index in [1.807, 2.05) is 6.07 Å². The molecule has 0 atom stereocenters. The van der Waals surface area contributed by atoms with E-state index in [9.17, 15) is 0 Å². The minimum absolute atomic E-state index is 0.681. The third-order valence-corrected chi connectivity index (χ3v) is 2.39. The van der Waals surface area contributed by atoms with E-state index < -0.39 is 0 Å². The van der Waals surface area contributed by atoms with Gasteiger partial charge in [-0.05, 0) is 6.42 Å². The monoisotopic (exact) mass is 232 g/mol. The van der Waals surface area contributed by atoms with Gasteiger partial charge in [-0.3, -0.25) is 4.68 Å². The van der Waals surface area contributed by atoms with Crippen molar-refractivity contribution in [3.8, 4) is 0 Å². The highest BCUT2D eigenvalue weighted by Crippen LogP contribution is 2.04. The Morgan fingerprint density at radius 3 is 3.00 bits per heavy atom. The Bertz CT molecular complexity index is 478. The summed E-state index contributed by atoms with van der Waals surface area (Å²) in [5.74, 6) is 0.844. The first-order valence-electron chi connectivity index (χ1n) is 5.60. The van der Waals surface area contributed by atoms with Crippen LogP contribution in [0, 0.1) is 0 Å². The maximum atomic E-state index is 5.57. The summed E-state index contributed by atoms with van der Waals surface area (Å²) in [7, 11) is 0. The topological polar surface area (TPSA) is 81.7 Å². The Labute approximate surface area is 99.9 Å². The van der Waals surface area contributed by atoms with E-state index in [-0.39, 0.29) is 0 Å². The number of nitrogen functional groups attached to an aromatic ring is 1. The van der Waals surface area contributed by atoms with Crippen molar-refractivity contribution in [2.75, 3.05) is 17.6 Å². The van der Waals surface area contributed by atoms with E-state index in [2.05, 4.69) is 27.3 Å². The molecule has 0 aliphatic rings. The average Bonchev–Trinajstić information content (AvgIpc) is 2.75. The van der Waals surface area contributed by atoms with Crippen LogP contribution in [0.3, 0.4) is 0 Å². The van der Waals surface area contributed by atoms with Gasteiger partial charge in [0.2, 0.25) is 0 Å². The Morgan fingerprint density at radius 1 is 1.41 bits per heavy atom. The Kier molecular flexibility index (Phi) is 3.54. The molecule has 6 nitrogen and oxygen atoms in total. The molecule has 2 heterocycles. The quantitative estimate of drug-likeness (QED) is 0.801. The summed E-state index contributed by atoms with van der Waals surface area (Å²) in [5.41, 5.74) is 7.29. The summed E-state index contributed by atoms with van der Waals surface area (Å²) in [6.07, 6.45) is 5.93. The highest BCUT2D eigenvalue weighted by atomic mass is 15.3. The first-order chi connectivity index (χ1) is 8.28. The van der Waals surface area contributed by atoms with Crippen LogP contribution in [-0.4, -0.2) is 26.3 Å². The predicted octanol–water partition coefficient (Wildman–Crippen LogP) is 0.930. The first-order valence-corrected chi connectivity index (χ1v) is 5.60. The van der Waals surface area contributed by atoms with E-state index in [1.54, 1.807) is 23.4 Å². The molecule has 6 heteroatoms. The van der Waals surface area contributed by atoms with E-state index in [0.29, 0.717) is 5.69 Å². The lowest BCUT2D eigenvalue weighted by Gasteiger charge is -2.06. The molecular weight excluding hydrogens is 216 g/mol. The van der Waals surface area contributed by atoms with Crippen LogP contribution in [0.4, 0.5) is 11.5 Å². The zero-order valence-electron chi connectivity index (χ0n) is 9.80. The lowest BCUT2D eigenvalue weighted by molar-refractivity contribution is 0.637. The van der Waals surface area contributed by atoms with Crippen molar-refractivity contribution >= 4 is 11.5 Å². The normalized spacial score (nSPS) is 10.4. The smallest absolute Gasteiger partial charge is 0.129 e. The molecule has 0 aliphatic heterocycles. The van der Waals surface area contributed by atoms with Gasteiger partial charge in [-0.25, -0.2) is 9.97 Å². The fourth-order valence-electron chi connectivity index (χ4n) is 1.49. The average molecular weight is 232 g/mol. The number of aromatic nitrogens is 4. The minimum atomic E-state index is 0.681. The second kappa shape index (κ2) is 5.29. The summed E-state index contributed by atoms with van der Waals surface area (Å²) >= 11 is 0. The summed E-state index contributed by atoms with van der Waals surface area (Å²) in [5, 5.41) is 7.32. The fourth-order valence-corrected chi connectivity index (χ4v) is 1.49. The van der Waals surface area contributed by atoms with Crippen LogP contribution in [0.1, 0.15) is 12.6 Å². The molecule has 0 bridgehead atoms. The van der Waals surface area contributed by atoms with E-state index in [1.165, 1.54) is 0 Å². The largest absolute Gasteiger partial charge is 0.396 e. The molecule has 0 aromatic carbocycles. The van der Waals surface area contributed by atoms with Crippen molar-refractivity contribution in [1.82, 2.24) is 19.7 Å². The standard InChI is InChI=1S/C11H16N6/c1-2-10-5-11(15-8-14-10)13-3-4-17-7-9(12)6-16-17/h5-8H,2-4,12H2,1H3,(H,13,14,15). The van der Waals surface area contributed by atoms with Crippen LogP contribution in [0.25, 0.3) is 0 Å². The molecular formula is C11H16N6. The van der Waals surface area contributed by atoms with Crippen molar-refractivity contribution in [2.45, 2.75) is 19.9 Å². The lowest BCUT2D eigenvalue weighted by Crippen LogP contribution is -2.12. The second-order valence-electron chi connectivity index (χ2n) is 3.71. The van der Waals surface area contributed by atoms with Crippen molar-refractivity contribution in [3.63, 3.8) is 0 Å². The van der Waals surface area contributed by atoms with Crippen LogP contribution < -0.4 is 11.1 Å². The number of nitrogens with zero attached hydrogens (tertiary/aromatic N) is 4. The molecule has 0 fully saturated rings. The van der Waals surface area contributed by atoms with E-state index in [4.69, 9.17) is 5.73 Å². The summed E-state index contributed by atoms with van der Waals surface area (Å²) in [4.78, 5) is 8.29. The zero-order chi connectivity index (χ0) is 12.1. The molecule has 2 aromatic heterocycles.